The van der Waals surface area contributed by atoms with Crippen molar-refractivity contribution in [1.82, 2.24) is 19.7 Å². The monoisotopic (exact) mass is 374 g/mol. The number of nitrogens with one attached hydrogen (secondary N) is 1. The molecule has 0 unspecified atom stereocenters. The molecule has 4 aromatic rings. The van der Waals surface area contributed by atoms with Crippen molar-refractivity contribution in [2.24, 2.45) is 5.10 Å². The molecule has 0 radical (unpaired) electrons. The van der Waals surface area contributed by atoms with Gasteiger partial charge in [0.1, 0.15) is 5.69 Å². The van der Waals surface area contributed by atoms with E-state index in [9.17, 15) is 0 Å². The lowest BCUT2D eigenvalue weighted by Crippen LogP contribution is -1.99. The van der Waals surface area contributed by atoms with E-state index in [0.717, 1.165) is 33.2 Å². The first-order chi connectivity index (χ1) is 13.2. The minimum absolute atomic E-state index is 0.483. The molecule has 0 bridgehead atoms. The van der Waals surface area contributed by atoms with E-state index in [0.29, 0.717) is 5.95 Å². The second kappa shape index (κ2) is 7.51. The van der Waals surface area contributed by atoms with Crippen molar-refractivity contribution in [3.63, 3.8) is 0 Å². The number of aryl methyl sites for hydroxylation is 2. The summed E-state index contributed by atoms with van der Waals surface area (Å²) in [5.74, 6) is 0.483. The maximum absolute atomic E-state index is 4.75. The lowest BCUT2D eigenvalue weighted by Gasteiger charge is -2.01. The largest absolute Gasteiger partial charge is 0.245 e. The Morgan fingerprint density at radius 2 is 1.81 bits per heavy atom. The van der Waals surface area contributed by atoms with E-state index in [2.05, 4.69) is 26.6 Å². The Bertz CT molecular complexity index is 1050. The van der Waals surface area contributed by atoms with Gasteiger partial charge in [0.05, 0.1) is 16.8 Å². The van der Waals surface area contributed by atoms with Crippen LogP contribution in [0.2, 0.25) is 0 Å². The number of hydrogen-bond acceptors (Lipinski definition) is 6. The lowest BCUT2D eigenvalue weighted by molar-refractivity contribution is 0.885. The Balaban J connectivity index is 1.65. The summed E-state index contributed by atoms with van der Waals surface area (Å²) in [6.07, 6.45) is 3.72. The van der Waals surface area contributed by atoms with Gasteiger partial charge in [0.25, 0.3) is 0 Å². The second-order valence-electron chi connectivity index (χ2n) is 6.03. The highest BCUT2D eigenvalue weighted by atomic mass is 32.1. The van der Waals surface area contributed by atoms with Gasteiger partial charge in [-0.1, -0.05) is 24.3 Å². The van der Waals surface area contributed by atoms with Crippen molar-refractivity contribution in [2.45, 2.75) is 13.8 Å². The van der Waals surface area contributed by atoms with Crippen molar-refractivity contribution in [3.05, 3.63) is 77.1 Å². The number of hydrogen-bond donors (Lipinski definition) is 1. The van der Waals surface area contributed by atoms with Crippen molar-refractivity contribution < 1.29 is 0 Å². The molecule has 134 valence electrons. The van der Waals surface area contributed by atoms with Crippen LogP contribution in [-0.4, -0.2) is 26.0 Å². The number of anilines is 1. The van der Waals surface area contributed by atoms with E-state index >= 15 is 0 Å². The number of hydrazone groups is 1. The van der Waals surface area contributed by atoms with E-state index in [1.807, 2.05) is 72.6 Å². The maximum Gasteiger partial charge on any atom is 0.243 e. The Hall–Kier alpha value is -3.32. The van der Waals surface area contributed by atoms with Crippen LogP contribution in [0.1, 0.15) is 17.0 Å². The third-order valence-corrected chi connectivity index (χ3v) is 4.74. The summed E-state index contributed by atoms with van der Waals surface area (Å²) in [7, 11) is 0. The average molecular weight is 374 g/mol. The molecule has 0 aliphatic rings. The smallest absolute Gasteiger partial charge is 0.243 e. The van der Waals surface area contributed by atoms with Crippen LogP contribution in [0.3, 0.4) is 0 Å². The highest BCUT2D eigenvalue weighted by Crippen LogP contribution is 2.26. The normalized spacial score (nSPS) is 11.2. The van der Waals surface area contributed by atoms with Gasteiger partial charge in [-0.25, -0.2) is 20.1 Å². The van der Waals surface area contributed by atoms with Gasteiger partial charge >= 0.3 is 0 Å². The summed E-state index contributed by atoms with van der Waals surface area (Å²) in [5, 5.41) is 11.1. The van der Waals surface area contributed by atoms with Crippen LogP contribution in [0.4, 0.5) is 5.95 Å². The summed E-state index contributed by atoms with van der Waals surface area (Å²) >= 11 is 1.65. The third-order valence-electron chi connectivity index (χ3n) is 3.87. The molecule has 3 aromatic heterocycles. The lowest BCUT2D eigenvalue weighted by atomic mass is 10.2. The molecule has 4 rings (SSSR count). The van der Waals surface area contributed by atoms with E-state index in [1.54, 1.807) is 17.6 Å². The zero-order chi connectivity index (χ0) is 18.6. The summed E-state index contributed by atoms with van der Waals surface area (Å²) < 4.78 is 1.86. The fourth-order valence-corrected chi connectivity index (χ4v) is 3.47. The number of para-hydroxylation sites is 1. The van der Waals surface area contributed by atoms with E-state index in [1.165, 1.54) is 0 Å². The summed E-state index contributed by atoms with van der Waals surface area (Å²) in [6, 6.07) is 16.0. The zero-order valence-corrected chi connectivity index (χ0v) is 15.8. The molecule has 1 N–H and O–H groups in total. The Morgan fingerprint density at radius 1 is 1.04 bits per heavy atom. The average Bonchev–Trinajstić information content (AvgIpc) is 3.31. The van der Waals surface area contributed by atoms with E-state index < -0.39 is 0 Å². The van der Waals surface area contributed by atoms with Crippen molar-refractivity contribution >= 4 is 23.5 Å². The van der Waals surface area contributed by atoms with Crippen LogP contribution in [0.15, 0.2) is 65.2 Å². The highest BCUT2D eigenvalue weighted by molar-refractivity contribution is 7.13. The first-order valence-corrected chi connectivity index (χ1v) is 9.37. The number of benzene rings is 1. The van der Waals surface area contributed by atoms with Gasteiger partial charge in [0.15, 0.2) is 0 Å². The van der Waals surface area contributed by atoms with Crippen LogP contribution in [0.25, 0.3) is 16.3 Å². The topological polar surface area (TPSA) is 68.0 Å². The SMILES string of the molecule is Cc1cc(C)nc(NN=Cc2cn(-c3ccccc3)nc2-c2cccs2)n1. The molecule has 7 heteroatoms. The fraction of sp³-hybridized carbons (Fsp3) is 0.100. The number of rotatable bonds is 5. The molecule has 0 fully saturated rings. The zero-order valence-electron chi connectivity index (χ0n) is 15.0. The quantitative estimate of drug-likeness (QED) is 0.414. The molecular formula is C20H18N6S. The molecule has 0 atom stereocenters. The molecule has 0 aliphatic heterocycles. The van der Waals surface area contributed by atoms with E-state index in [-0.39, 0.29) is 0 Å². The highest BCUT2D eigenvalue weighted by Gasteiger charge is 2.12. The van der Waals surface area contributed by atoms with Gasteiger partial charge in [-0.3, -0.25) is 0 Å². The maximum atomic E-state index is 4.75. The van der Waals surface area contributed by atoms with Crippen LogP contribution >= 0.6 is 11.3 Å². The predicted molar refractivity (Wildman–Crippen MR) is 110 cm³/mol. The molecular weight excluding hydrogens is 356 g/mol. The number of nitrogens with zero attached hydrogens (tertiary/aromatic N) is 5. The van der Waals surface area contributed by atoms with E-state index in [4.69, 9.17) is 5.10 Å². The Morgan fingerprint density at radius 3 is 2.52 bits per heavy atom. The molecule has 0 saturated carbocycles. The number of aromatic nitrogens is 4. The minimum Gasteiger partial charge on any atom is -0.245 e. The number of thiophene rings is 1. The summed E-state index contributed by atoms with van der Waals surface area (Å²) in [4.78, 5) is 9.76. The van der Waals surface area contributed by atoms with Gasteiger partial charge < -0.3 is 0 Å². The first kappa shape index (κ1) is 17.1. The molecule has 0 saturated heterocycles. The Kier molecular flexibility index (Phi) is 4.76. The molecule has 0 aliphatic carbocycles. The Labute approximate surface area is 161 Å². The molecule has 3 heterocycles. The second-order valence-corrected chi connectivity index (χ2v) is 6.98. The summed E-state index contributed by atoms with van der Waals surface area (Å²) in [6.45, 7) is 3.87. The fourth-order valence-electron chi connectivity index (χ4n) is 2.74. The van der Waals surface area contributed by atoms with Gasteiger partial charge in [0.2, 0.25) is 5.95 Å². The van der Waals surface area contributed by atoms with Crippen LogP contribution in [0, 0.1) is 13.8 Å². The van der Waals surface area contributed by atoms with Crippen molar-refractivity contribution in [2.75, 3.05) is 5.43 Å². The molecule has 0 spiro atoms. The van der Waals surface area contributed by atoms with Crippen LogP contribution in [0.5, 0.6) is 0 Å². The first-order valence-electron chi connectivity index (χ1n) is 8.49. The standard InChI is InChI=1S/C20H18N6S/c1-14-11-15(2)23-20(22-14)24-21-12-16-13-26(17-7-4-3-5-8-17)25-19(16)18-9-6-10-27-18/h3-13H,1-2H3,(H,22,23,24). The van der Waals surface area contributed by atoms with Crippen LogP contribution < -0.4 is 5.43 Å². The van der Waals surface area contributed by atoms with Gasteiger partial charge in [-0.2, -0.15) is 10.2 Å². The summed E-state index contributed by atoms with van der Waals surface area (Å²) in [5.41, 5.74) is 7.51. The van der Waals surface area contributed by atoms with Gasteiger partial charge in [0, 0.05) is 23.1 Å². The van der Waals surface area contributed by atoms with Gasteiger partial charge in [-0.15, -0.1) is 11.3 Å². The molecule has 1 aromatic carbocycles. The van der Waals surface area contributed by atoms with Crippen molar-refractivity contribution in [1.29, 1.82) is 0 Å². The molecule has 0 amide bonds. The minimum atomic E-state index is 0.483. The van der Waals surface area contributed by atoms with Gasteiger partial charge in [-0.05, 0) is 43.5 Å². The van der Waals surface area contributed by atoms with Crippen LogP contribution in [-0.2, 0) is 0 Å². The molecule has 27 heavy (non-hydrogen) atoms. The molecule has 6 nitrogen and oxygen atoms in total. The predicted octanol–water partition coefficient (Wildman–Crippen LogP) is 4.45. The third kappa shape index (κ3) is 3.93. The van der Waals surface area contributed by atoms with Crippen molar-refractivity contribution in [3.8, 4) is 16.3 Å².